The number of anilines is 1. The van der Waals surface area contributed by atoms with Gasteiger partial charge in [0.2, 0.25) is 0 Å². The van der Waals surface area contributed by atoms with Gasteiger partial charge in [-0.15, -0.1) is 0 Å². The number of aryl methyl sites for hydroxylation is 1. The summed E-state index contributed by atoms with van der Waals surface area (Å²) in [6, 6.07) is 6.00. The number of ether oxygens (including phenoxy) is 1. The monoisotopic (exact) mass is 666 g/mol. The summed E-state index contributed by atoms with van der Waals surface area (Å²) in [5.41, 5.74) is -2.72. The molecule has 0 amide bonds. The minimum atomic E-state index is -4.99. The van der Waals surface area contributed by atoms with E-state index in [0.29, 0.717) is 29.6 Å². The van der Waals surface area contributed by atoms with Gasteiger partial charge in [-0.2, -0.15) is 23.1 Å². The van der Waals surface area contributed by atoms with Crippen molar-refractivity contribution in [2.45, 2.75) is 70.1 Å². The number of piperazine rings is 1. The van der Waals surface area contributed by atoms with Gasteiger partial charge in [0.05, 0.1) is 17.7 Å². The molecule has 4 aromatic rings. The molecule has 1 aliphatic carbocycles. The molecule has 48 heavy (non-hydrogen) atoms. The Morgan fingerprint density at radius 2 is 1.90 bits per heavy atom. The van der Waals surface area contributed by atoms with Crippen LogP contribution >= 0.6 is 0 Å². The van der Waals surface area contributed by atoms with Crippen molar-refractivity contribution in [3.05, 3.63) is 57.8 Å². The second kappa shape index (κ2) is 11.6. The van der Waals surface area contributed by atoms with Gasteiger partial charge < -0.3 is 25.0 Å². The fourth-order valence-electron chi connectivity index (χ4n) is 8.01. The lowest BCUT2D eigenvalue weighted by Gasteiger charge is -2.46. The molecule has 6 heterocycles. The van der Waals surface area contributed by atoms with E-state index in [0.717, 1.165) is 57.5 Å². The molecule has 13 heteroatoms. The summed E-state index contributed by atoms with van der Waals surface area (Å²) in [4.78, 5) is 28.2. The van der Waals surface area contributed by atoms with Crippen LogP contribution < -0.4 is 20.5 Å². The fourth-order valence-corrected chi connectivity index (χ4v) is 8.01. The average molecular weight is 667 g/mol. The Kier molecular flexibility index (Phi) is 7.55. The summed E-state index contributed by atoms with van der Waals surface area (Å²) in [7, 11) is 0. The van der Waals surface area contributed by atoms with E-state index in [1.165, 1.54) is 31.0 Å². The zero-order chi connectivity index (χ0) is 33.4. The molecule has 4 saturated heterocycles. The maximum Gasteiger partial charge on any atom is 0.431 e. The van der Waals surface area contributed by atoms with Crippen LogP contribution in [0.15, 0.2) is 35.1 Å². The molecule has 4 aliphatic heterocycles. The van der Waals surface area contributed by atoms with Crippen molar-refractivity contribution >= 4 is 27.5 Å². The highest BCUT2D eigenvalue weighted by molar-refractivity contribution is 5.96. The molecule has 2 N–H and O–H groups in total. The highest BCUT2D eigenvalue weighted by atomic mass is 19.4. The first-order chi connectivity index (χ1) is 23.0. The summed E-state index contributed by atoms with van der Waals surface area (Å²) in [5.74, 6) is -0.731. The van der Waals surface area contributed by atoms with Crippen LogP contribution in [0, 0.1) is 11.2 Å². The van der Waals surface area contributed by atoms with E-state index in [9.17, 15) is 9.90 Å². The molecule has 1 saturated carbocycles. The first-order valence-electron chi connectivity index (χ1n) is 16.9. The summed E-state index contributed by atoms with van der Waals surface area (Å²) in [6.07, 6.45) is 1.27. The van der Waals surface area contributed by atoms with Crippen molar-refractivity contribution in [1.82, 2.24) is 24.8 Å². The number of likely N-dealkylation sites (tertiary alicyclic amines) is 1. The Bertz CT molecular complexity index is 1960. The summed E-state index contributed by atoms with van der Waals surface area (Å²) in [5, 5.41) is 14.5. The number of benzene rings is 2. The van der Waals surface area contributed by atoms with Crippen molar-refractivity contribution in [1.29, 1.82) is 0 Å². The number of pyridine rings is 1. The first kappa shape index (κ1) is 31.3. The van der Waals surface area contributed by atoms with Gasteiger partial charge in [0.25, 0.3) is 5.56 Å². The number of alkyl halides is 3. The smallest absolute Gasteiger partial charge is 0.431 e. The van der Waals surface area contributed by atoms with Crippen LogP contribution in [0.2, 0.25) is 0 Å². The highest BCUT2D eigenvalue weighted by Crippen LogP contribution is 2.47. The Morgan fingerprint density at radius 3 is 2.54 bits per heavy atom. The molecule has 2 atom stereocenters. The molecule has 0 spiro atoms. The maximum atomic E-state index is 15.1. The van der Waals surface area contributed by atoms with Gasteiger partial charge in [0, 0.05) is 48.6 Å². The van der Waals surface area contributed by atoms with E-state index >= 15 is 17.6 Å². The summed E-state index contributed by atoms with van der Waals surface area (Å²) >= 11 is 0. The Morgan fingerprint density at radius 1 is 1.10 bits per heavy atom. The number of halogens is 4. The van der Waals surface area contributed by atoms with E-state index in [2.05, 4.69) is 15.2 Å². The van der Waals surface area contributed by atoms with Gasteiger partial charge in [-0.25, -0.2) is 4.39 Å². The van der Waals surface area contributed by atoms with Crippen LogP contribution in [-0.2, 0) is 12.6 Å². The number of piperidine rings is 2. The van der Waals surface area contributed by atoms with Crippen molar-refractivity contribution < 1.29 is 27.4 Å². The van der Waals surface area contributed by atoms with Gasteiger partial charge in [0.1, 0.15) is 28.6 Å². The van der Waals surface area contributed by atoms with Crippen molar-refractivity contribution in [2.75, 3.05) is 44.2 Å². The molecule has 2 aromatic heterocycles. The molecular formula is C35H38F4N6O3. The van der Waals surface area contributed by atoms with E-state index in [4.69, 9.17) is 9.72 Å². The van der Waals surface area contributed by atoms with Crippen LogP contribution in [0.1, 0.15) is 56.7 Å². The van der Waals surface area contributed by atoms with Crippen LogP contribution in [0.3, 0.4) is 0 Å². The lowest BCUT2D eigenvalue weighted by molar-refractivity contribution is -0.142. The molecular weight excluding hydrogens is 628 g/mol. The molecule has 5 fully saturated rings. The van der Waals surface area contributed by atoms with Crippen LogP contribution in [0.5, 0.6) is 11.8 Å². The Balaban J connectivity index is 1.33. The first-order valence-corrected chi connectivity index (χ1v) is 16.9. The second-order valence-electron chi connectivity index (χ2n) is 14.0. The number of aromatic hydroxyl groups is 1. The van der Waals surface area contributed by atoms with Crippen LogP contribution in [-0.4, -0.2) is 76.0 Å². The van der Waals surface area contributed by atoms with Crippen LogP contribution in [0.25, 0.3) is 27.4 Å². The number of phenols is 1. The molecule has 9 rings (SSSR count). The highest BCUT2D eigenvalue weighted by Gasteiger charge is 2.46. The molecule has 0 radical (unpaired) electrons. The average Bonchev–Trinajstić information content (AvgIpc) is 3.64. The summed E-state index contributed by atoms with van der Waals surface area (Å²) < 4.78 is 67.0. The topological polar surface area (TPSA) is 95.8 Å². The number of nitrogens with zero attached hydrogens (tertiary/aromatic N) is 5. The SMILES string of the molecule is CCc1c(F)ccc2cc(O)cc(-n3c(C(F)(F)F)cc4c(N5CC6CCC5CN6)nc(OCC5(CN6CCCC6)CC5)nc4c3=O)c12. The zero-order valence-electron chi connectivity index (χ0n) is 26.7. The van der Waals surface area contributed by atoms with E-state index in [-0.39, 0.29) is 69.0 Å². The maximum absolute atomic E-state index is 15.1. The Hall–Kier alpha value is -3.97. The largest absolute Gasteiger partial charge is 0.508 e. The lowest BCUT2D eigenvalue weighted by Crippen LogP contribution is -2.61. The number of fused-ring (bicyclic) bond motifs is 5. The fraction of sp³-hybridized carbons (Fsp3) is 0.514. The minimum Gasteiger partial charge on any atom is -0.508 e. The van der Waals surface area contributed by atoms with E-state index < -0.39 is 23.2 Å². The predicted molar refractivity (Wildman–Crippen MR) is 174 cm³/mol. The quantitative estimate of drug-likeness (QED) is 0.237. The predicted octanol–water partition coefficient (Wildman–Crippen LogP) is 5.56. The number of phenolic OH excluding ortho intramolecular Hbond substituents is 1. The number of hydrogen-bond acceptors (Lipinski definition) is 8. The third-order valence-corrected chi connectivity index (χ3v) is 10.7. The van der Waals surface area contributed by atoms with Gasteiger partial charge in [-0.1, -0.05) is 13.0 Å². The molecule has 5 aliphatic rings. The van der Waals surface area contributed by atoms with Crippen LogP contribution in [0.4, 0.5) is 23.4 Å². The van der Waals surface area contributed by atoms with Gasteiger partial charge in [0.15, 0.2) is 0 Å². The summed E-state index contributed by atoms with van der Waals surface area (Å²) in [6.45, 7) is 6.20. The van der Waals surface area contributed by atoms with Gasteiger partial charge in [-0.3, -0.25) is 9.36 Å². The number of aromatic nitrogens is 3. The Labute approximate surface area is 274 Å². The third-order valence-electron chi connectivity index (χ3n) is 10.7. The standard InChI is InChI=1S/C35H38F4N6O3/c1-2-24-26(36)8-5-20-13-23(46)14-27(29(20)24)45-28(35(37,38)39)15-25-30(32(45)47)41-33(42-31(25)44-17-21-6-7-22(44)16-40-21)48-19-34(9-10-34)18-43-11-3-4-12-43/h5,8,13-15,21-22,40,46H,2-4,6-7,9-12,16-19H2,1H3. The van der Waals surface area contributed by atoms with Crippen molar-refractivity contribution in [3.63, 3.8) is 0 Å². The van der Waals surface area contributed by atoms with Crippen molar-refractivity contribution in [3.8, 4) is 17.4 Å². The normalized spacial score (nSPS) is 22.2. The van der Waals surface area contributed by atoms with Crippen molar-refractivity contribution in [2.24, 2.45) is 5.41 Å². The number of nitrogens with one attached hydrogen (secondary N) is 1. The molecule has 2 bridgehead atoms. The zero-order valence-corrected chi connectivity index (χ0v) is 26.7. The molecule has 2 unspecified atom stereocenters. The molecule has 254 valence electrons. The number of hydrogen-bond donors (Lipinski definition) is 2. The van der Waals surface area contributed by atoms with Gasteiger partial charge in [-0.05, 0) is 87.2 Å². The molecule has 9 nitrogen and oxygen atoms in total. The van der Waals surface area contributed by atoms with E-state index in [1.807, 2.05) is 4.90 Å². The third kappa shape index (κ3) is 5.44. The van der Waals surface area contributed by atoms with Gasteiger partial charge >= 0.3 is 12.2 Å². The van der Waals surface area contributed by atoms with E-state index in [1.54, 1.807) is 6.92 Å². The number of rotatable bonds is 8. The lowest BCUT2D eigenvalue weighted by atomic mass is 9.93. The molecule has 2 aromatic carbocycles. The minimum absolute atomic E-state index is 0.0203. The second-order valence-corrected chi connectivity index (χ2v) is 14.0.